The molecule has 4 rings (SSSR count). The van der Waals surface area contributed by atoms with Crippen LogP contribution in [0.5, 0.6) is 0 Å². The summed E-state index contributed by atoms with van der Waals surface area (Å²) < 4.78 is 71.1. The predicted octanol–water partition coefficient (Wildman–Crippen LogP) is 6.21. The van der Waals surface area contributed by atoms with Gasteiger partial charge in [-0.2, -0.15) is 13.2 Å². The molecule has 9 heteroatoms. The van der Waals surface area contributed by atoms with Crippen molar-refractivity contribution < 1.29 is 35.0 Å². The second-order valence-electron chi connectivity index (χ2n) is 6.15. The van der Waals surface area contributed by atoms with E-state index in [-0.39, 0.29) is 0 Å². The zero-order valence-corrected chi connectivity index (χ0v) is 16.6. The molecule has 0 aliphatic carbocycles. The maximum atomic E-state index is 10.7. The molecule has 1 heterocycles. The van der Waals surface area contributed by atoms with Gasteiger partial charge in [-0.1, -0.05) is 54.6 Å². The first-order valence-corrected chi connectivity index (χ1v) is 10.2. The summed E-state index contributed by atoms with van der Waals surface area (Å²) >= 11 is 0. The molecule has 160 valence electrons. The number of alkyl halides is 3. The monoisotopic (exact) mass is 448 g/mol. The molecule has 0 aliphatic heterocycles. The number of rotatable bonds is 3. The molecule has 0 amide bonds. The Morgan fingerprint density at radius 2 is 1.10 bits per heavy atom. The summed E-state index contributed by atoms with van der Waals surface area (Å²) in [7, 11) is -6.09. The highest BCUT2D eigenvalue weighted by molar-refractivity contribution is 7.86. The molecule has 0 fully saturated rings. The van der Waals surface area contributed by atoms with Crippen molar-refractivity contribution in [2.24, 2.45) is 0 Å². The Bertz CT molecular complexity index is 1160. The summed E-state index contributed by atoms with van der Waals surface area (Å²) in [6.45, 7) is 0. The van der Waals surface area contributed by atoms with Crippen molar-refractivity contribution >= 4 is 10.1 Å². The van der Waals surface area contributed by atoms with Gasteiger partial charge in [0, 0.05) is 0 Å². The van der Waals surface area contributed by atoms with E-state index >= 15 is 0 Å². The SMILES string of the molecule is O=S(=O)([O-])C(F)(F)F.c1ccc(-c2oc(-c3ccccc3)c(-c3ccccc3)[o+]2)cc1. The van der Waals surface area contributed by atoms with Crippen LogP contribution in [0.4, 0.5) is 13.2 Å². The topological polar surface area (TPSA) is 81.6 Å². The zero-order valence-electron chi connectivity index (χ0n) is 15.7. The molecule has 0 aliphatic rings. The van der Waals surface area contributed by atoms with Crippen LogP contribution in [0.25, 0.3) is 34.2 Å². The summed E-state index contributed by atoms with van der Waals surface area (Å²) in [5.74, 6) is 2.01. The molecule has 0 bridgehead atoms. The van der Waals surface area contributed by atoms with Crippen LogP contribution in [0, 0.1) is 0 Å². The number of halogens is 3. The lowest BCUT2D eigenvalue weighted by molar-refractivity contribution is -0.0517. The second kappa shape index (κ2) is 9.15. The highest BCUT2D eigenvalue weighted by Gasteiger charge is 2.37. The molecule has 0 radical (unpaired) electrons. The standard InChI is InChI=1S/C21H15O2.CHF3O3S/c1-4-10-16(11-5-1)19-20(17-12-6-2-7-13-17)23-21(22-19)18-14-8-3-9-15-18;2-1(3,4)8(5,6)7/h1-15H;(H,5,6,7)/q+1;/p-1. The third-order valence-corrected chi connectivity index (χ3v) is 4.53. The van der Waals surface area contributed by atoms with Crippen molar-refractivity contribution in [2.45, 2.75) is 5.51 Å². The van der Waals surface area contributed by atoms with Gasteiger partial charge >= 0.3 is 23.0 Å². The Labute approximate surface area is 176 Å². The van der Waals surface area contributed by atoms with Crippen LogP contribution in [0.3, 0.4) is 0 Å². The van der Waals surface area contributed by atoms with Gasteiger partial charge in [0.2, 0.25) is 0 Å². The average molecular weight is 448 g/mol. The van der Waals surface area contributed by atoms with Gasteiger partial charge in [0.1, 0.15) is 5.56 Å². The van der Waals surface area contributed by atoms with Gasteiger partial charge in [0.05, 0.1) is 11.1 Å². The quantitative estimate of drug-likeness (QED) is 0.212. The smallest absolute Gasteiger partial charge is 0.532 e. The third kappa shape index (κ3) is 5.59. The number of benzene rings is 3. The molecule has 0 unspecified atom stereocenters. The van der Waals surface area contributed by atoms with Gasteiger partial charge in [-0.15, -0.1) is 0 Å². The lowest BCUT2D eigenvalue weighted by atomic mass is 10.1. The average Bonchev–Trinajstić information content (AvgIpc) is 3.20. The third-order valence-electron chi connectivity index (χ3n) is 3.96. The normalized spacial score (nSPS) is 11.5. The largest absolute Gasteiger partial charge is 0.741 e. The molecule has 0 atom stereocenters. The first-order chi connectivity index (χ1) is 14.7. The van der Waals surface area contributed by atoms with E-state index in [1.165, 1.54) is 0 Å². The van der Waals surface area contributed by atoms with Crippen molar-refractivity contribution in [1.29, 1.82) is 0 Å². The van der Waals surface area contributed by atoms with Crippen molar-refractivity contribution in [2.75, 3.05) is 0 Å². The van der Waals surface area contributed by atoms with Gasteiger partial charge < -0.3 is 4.55 Å². The fourth-order valence-corrected chi connectivity index (χ4v) is 2.55. The molecular formula is C22H15F3O5S. The fraction of sp³-hybridized carbons (Fsp3) is 0.0455. The van der Waals surface area contributed by atoms with Crippen LogP contribution < -0.4 is 0 Å². The second-order valence-corrected chi connectivity index (χ2v) is 7.52. The highest BCUT2D eigenvalue weighted by Crippen LogP contribution is 2.38. The van der Waals surface area contributed by atoms with Gasteiger partial charge in [0.15, 0.2) is 10.1 Å². The highest BCUT2D eigenvalue weighted by atomic mass is 32.2. The van der Waals surface area contributed by atoms with Crippen molar-refractivity contribution in [3.63, 3.8) is 0 Å². The van der Waals surface area contributed by atoms with E-state index in [0.717, 1.165) is 28.2 Å². The van der Waals surface area contributed by atoms with Crippen molar-refractivity contribution in [1.82, 2.24) is 0 Å². The lowest BCUT2D eigenvalue weighted by Gasteiger charge is -2.08. The molecule has 4 aromatic rings. The van der Waals surface area contributed by atoms with Crippen molar-refractivity contribution in [3.8, 4) is 34.2 Å². The van der Waals surface area contributed by atoms with E-state index in [9.17, 15) is 13.2 Å². The summed E-state index contributed by atoms with van der Waals surface area (Å²) in [4.78, 5) is 0. The maximum Gasteiger partial charge on any atom is 0.532 e. The van der Waals surface area contributed by atoms with Crippen LogP contribution in [0.2, 0.25) is 0 Å². The van der Waals surface area contributed by atoms with Crippen LogP contribution in [-0.4, -0.2) is 18.5 Å². The van der Waals surface area contributed by atoms with E-state index in [1.54, 1.807) is 0 Å². The molecule has 0 saturated carbocycles. The van der Waals surface area contributed by atoms with Gasteiger partial charge in [0.25, 0.3) is 0 Å². The molecule has 3 aromatic carbocycles. The Morgan fingerprint density at radius 1 is 0.710 bits per heavy atom. The minimum absolute atomic E-state index is 0.517. The van der Waals surface area contributed by atoms with Gasteiger partial charge in [-0.3, -0.25) is 8.83 Å². The minimum atomic E-state index is -6.09. The number of hydrogen-bond acceptors (Lipinski definition) is 4. The van der Waals surface area contributed by atoms with E-state index in [0.29, 0.717) is 5.96 Å². The van der Waals surface area contributed by atoms with E-state index in [4.69, 9.17) is 21.8 Å². The van der Waals surface area contributed by atoms with Crippen molar-refractivity contribution in [3.05, 3.63) is 91.0 Å². The molecular weight excluding hydrogens is 433 g/mol. The van der Waals surface area contributed by atoms with Crippen LogP contribution in [0.1, 0.15) is 0 Å². The minimum Gasteiger partial charge on any atom is -0.741 e. The van der Waals surface area contributed by atoms with E-state index < -0.39 is 15.6 Å². The predicted molar refractivity (Wildman–Crippen MR) is 107 cm³/mol. The Hall–Kier alpha value is -3.43. The fourth-order valence-electron chi connectivity index (χ4n) is 2.55. The molecule has 0 saturated heterocycles. The molecule has 1 aromatic heterocycles. The summed E-state index contributed by atoms with van der Waals surface area (Å²) in [6, 6.07) is 29.9. The Balaban J connectivity index is 0.000000293. The Kier molecular flexibility index (Phi) is 6.57. The van der Waals surface area contributed by atoms with E-state index in [1.807, 2.05) is 91.0 Å². The van der Waals surface area contributed by atoms with Crippen LogP contribution in [-0.2, 0) is 10.1 Å². The Morgan fingerprint density at radius 3 is 1.52 bits per heavy atom. The van der Waals surface area contributed by atoms with Gasteiger partial charge in [-0.25, -0.2) is 8.42 Å². The van der Waals surface area contributed by atoms with E-state index in [2.05, 4.69) is 0 Å². The lowest BCUT2D eigenvalue weighted by Crippen LogP contribution is -2.21. The molecule has 0 spiro atoms. The summed E-state index contributed by atoms with van der Waals surface area (Å²) in [5, 5.41) is 0. The molecule has 31 heavy (non-hydrogen) atoms. The van der Waals surface area contributed by atoms with Crippen LogP contribution in [0.15, 0.2) is 99.8 Å². The molecule has 5 nitrogen and oxygen atoms in total. The summed E-state index contributed by atoms with van der Waals surface area (Å²) in [5.41, 5.74) is -2.73. The zero-order chi connectivity index (χ0) is 22.5. The van der Waals surface area contributed by atoms with Crippen LogP contribution >= 0.6 is 0 Å². The maximum absolute atomic E-state index is 10.7. The molecule has 0 N–H and O–H groups in total. The summed E-state index contributed by atoms with van der Waals surface area (Å²) in [6.07, 6.45) is 0. The first-order valence-electron chi connectivity index (χ1n) is 8.82. The number of hydrogen-bond donors (Lipinski definition) is 0. The first kappa shape index (κ1) is 22.3. The van der Waals surface area contributed by atoms with Gasteiger partial charge in [-0.05, 0) is 36.4 Å².